The third kappa shape index (κ3) is 8.07. The molecule has 26 heavy (non-hydrogen) atoms. The summed E-state index contributed by atoms with van der Waals surface area (Å²) < 4.78 is 6.90. The second-order valence-corrected chi connectivity index (χ2v) is 7.39. The Morgan fingerprint density at radius 3 is 1.50 bits per heavy atom. The first-order valence-corrected chi connectivity index (χ1v) is 10.7. The molecule has 0 amide bonds. The number of aryl methyl sites for hydroxylation is 4. The molecule has 0 spiro atoms. The molecular weight excluding hydrogens is 318 g/mol. The van der Waals surface area contributed by atoms with Crippen LogP contribution in [-0.4, -0.2) is 0 Å². The van der Waals surface area contributed by atoms with Gasteiger partial charge in [-0.25, -0.2) is 4.57 Å². The van der Waals surface area contributed by atoms with Gasteiger partial charge in [-0.3, -0.25) is 0 Å². The van der Waals surface area contributed by atoms with E-state index in [1.807, 2.05) is 0 Å². The largest absolute Gasteiger partial charge is 0.233 e. The smallest absolute Gasteiger partial charge is 0.205 e. The minimum absolute atomic E-state index is 1.04. The van der Waals surface area contributed by atoms with E-state index in [1.165, 1.54) is 56.9 Å². The summed E-state index contributed by atoms with van der Waals surface area (Å²) in [7, 11) is 0. The predicted octanol–water partition coefficient (Wildman–Crippen LogP) is 3.95. The van der Waals surface area contributed by atoms with Crippen LogP contribution in [0.5, 0.6) is 0 Å². The second kappa shape index (κ2) is 12.6. The van der Waals surface area contributed by atoms with Crippen molar-refractivity contribution >= 4 is 0 Å². The fourth-order valence-corrected chi connectivity index (χ4v) is 3.24. The Balaban J connectivity index is 1.70. The van der Waals surface area contributed by atoms with Gasteiger partial charge in [0.2, 0.25) is 24.8 Å². The summed E-state index contributed by atoms with van der Waals surface area (Å²) in [4.78, 5) is 0. The molecule has 0 saturated carbocycles. The maximum atomic E-state index is 2.32. The molecule has 142 valence electrons. The Kier molecular flexibility index (Phi) is 9.92. The molecular formula is C23H38N3+3. The van der Waals surface area contributed by atoms with E-state index in [1.54, 1.807) is 0 Å². The van der Waals surface area contributed by atoms with Gasteiger partial charge < -0.3 is 0 Å². The fraction of sp³-hybridized carbons (Fsp3) is 0.609. The lowest BCUT2D eigenvalue weighted by atomic mass is 10.2. The number of aromatic nitrogens is 3. The molecule has 0 aromatic carbocycles. The molecule has 3 heteroatoms. The third-order valence-electron chi connectivity index (χ3n) is 5.06. The van der Waals surface area contributed by atoms with Crippen molar-refractivity contribution in [3.8, 4) is 0 Å². The van der Waals surface area contributed by atoms with Crippen molar-refractivity contribution in [2.45, 2.75) is 91.3 Å². The Morgan fingerprint density at radius 1 is 0.538 bits per heavy atom. The van der Waals surface area contributed by atoms with Crippen molar-refractivity contribution in [3.63, 3.8) is 0 Å². The number of rotatable bonds is 13. The highest BCUT2D eigenvalue weighted by molar-refractivity contribution is 5.06. The Labute approximate surface area is 160 Å². The van der Waals surface area contributed by atoms with Crippen molar-refractivity contribution in [1.82, 2.24) is 0 Å². The van der Waals surface area contributed by atoms with Gasteiger partial charge in [-0.2, -0.15) is 9.13 Å². The molecule has 0 aliphatic heterocycles. The lowest BCUT2D eigenvalue weighted by molar-refractivity contribution is -0.750. The summed E-state index contributed by atoms with van der Waals surface area (Å²) in [5.74, 6) is 0. The standard InChI is InChI=1S/C23H38N3/c1-3-5-7-9-14-24-16-11-23(12-17-24)13-18-26-21-19-25(20-22-26)15-10-8-6-4-2/h11-12,16-17,19-22H,3-10,13-15,18H2,1-2H3/q+3. The van der Waals surface area contributed by atoms with Crippen molar-refractivity contribution in [2.24, 2.45) is 0 Å². The molecule has 0 radical (unpaired) electrons. The average Bonchev–Trinajstić information content (AvgIpc) is 2.69. The molecule has 0 atom stereocenters. The van der Waals surface area contributed by atoms with Gasteiger partial charge in [-0.1, -0.05) is 39.5 Å². The topological polar surface area (TPSA) is 11.6 Å². The Hall–Kier alpha value is -1.77. The molecule has 2 aromatic rings. The summed E-state index contributed by atoms with van der Waals surface area (Å²) in [5, 5.41) is 0. The van der Waals surface area contributed by atoms with Crippen LogP contribution in [0.2, 0.25) is 0 Å². The van der Waals surface area contributed by atoms with Crippen LogP contribution in [0.15, 0.2) is 49.3 Å². The predicted molar refractivity (Wildman–Crippen MR) is 105 cm³/mol. The van der Waals surface area contributed by atoms with E-state index in [-0.39, 0.29) is 0 Å². The van der Waals surface area contributed by atoms with Crippen LogP contribution in [0, 0.1) is 0 Å². The lowest BCUT2D eigenvalue weighted by Crippen LogP contribution is -2.42. The highest BCUT2D eigenvalue weighted by Gasteiger charge is 2.07. The minimum Gasteiger partial charge on any atom is -0.205 e. The van der Waals surface area contributed by atoms with E-state index in [4.69, 9.17) is 0 Å². The van der Waals surface area contributed by atoms with E-state index in [2.05, 4.69) is 76.9 Å². The van der Waals surface area contributed by atoms with Gasteiger partial charge in [-0.05, 0) is 18.4 Å². The summed E-state index contributed by atoms with van der Waals surface area (Å²) in [6.07, 6.45) is 25.0. The van der Waals surface area contributed by atoms with Gasteiger partial charge in [-0.15, -0.1) is 0 Å². The maximum absolute atomic E-state index is 2.32. The first-order chi connectivity index (χ1) is 12.8. The van der Waals surface area contributed by atoms with Gasteiger partial charge in [0.25, 0.3) is 0 Å². The zero-order valence-electron chi connectivity index (χ0n) is 16.9. The molecule has 0 N–H and O–H groups in total. The third-order valence-corrected chi connectivity index (χ3v) is 5.06. The van der Waals surface area contributed by atoms with E-state index >= 15 is 0 Å². The van der Waals surface area contributed by atoms with Crippen molar-refractivity contribution in [2.75, 3.05) is 0 Å². The van der Waals surface area contributed by atoms with Gasteiger partial charge in [0.15, 0.2) is 18.9 Å². The number of hydrogen-bond donors (Lipinski definition) is 0. The van der Waals surface area contributed by atoms with Gasteiger partial charge in [0.05, 0.1) is 0 Å². The lowest BCUT2D eigenvalue weighted by Gasteiger charge is -2.00. The monoisotopic (exact) mass is 356 g/mol. The molecule has 2 aromatic heterocycles. The number of hydrogen-bond acceptors (Lipinski definition) is 0. The zero-order chi connectivity index (χ0) is 18.5. The van der Waals surface area contributed by atoms with Gasteiger partial charge >= 0.3 is 0 Å². The quantitative estimate of drug-likeness (QED) is 0.380. The first-order valence-electron chi connectivity index (χ1n) is 10.7. The van der Waals surface area contributed by atoms with E-state index in [0.29, 0.717) is 0 Å². The highest BCUT2D eigenvalue weighted by Crippen LogP contribution is 2.00. The summed E-state index contributed by atoms with van der Waals surface area (Å²) in [6.45, 7) is 7.85. The van der Waals surface area contributed by atoms with Crippen molar-refractivity contribution in [1.29, 1.82) is 0 Å². The van der Waals surface area contributed by atoms with Crippen molar-refractivity contribution < 1.29 is 13.7 Å². The van der Waals surface area contributed by atoms with Crippen LogP contribution < -0.4 is 13.7 Å². The van der Waals surface area contributed by atoms with Crippen LogP contribution >= 0.6 is 0 Å². The average molecular weight is 357 g/mol. The SMILES string of the molecule is CCCCCC[n+]1ccc(CC[n+]2cc[n+](CCCCCC)cc2)cc1. The zero-order valence-corrected chi connectivity index (χ0v) is 16.9. The van der Waals surface area contributed by atoms with Crippen LogP contribution in [-0.2, 0) is 26.1 Å². The highest BCUT2D eigenvalue weighted by atomic mass is 15.0. The second-order valence-electron chi connectivity index (χ2n) is 7.39. The Morgan fingerprint density at radius 2 is 1.00 bits per heavy atom. The van der Waals surface area contributed by atoms with E-state index < -0.39 is 0 Å². The molecule has 0 saturated heterocycles. The fourth-order valence-electron chi connectivity index (χ4n) is 3.24. The minimum atomic E-state index is 1.04. The Bertz CT molecular complexity index is 534. The molecule has 0 unspecified atom stereocenters. The normalized spacial score (nSPS) is 11.0. The summed E-state index contributed by atoms with van der Waals surface area (Å²) >= 11 is 0. The number of pyridine rings is 1. The van der Waals surface area contributed by atoms with Crippen molar-refractivity contribution in [3.05, 3.63) is 54.9 Å². The van der Waals surface area contributed by atoms with Crippen LogP contribution in [0.4, 0.5) is 0 Å². The van der Waals surface area contributed by atoms with Gasteiger partial charge in [0, 0.05) is 31.4 Å². The molecule has 2 heterocycles. The molecule has 0 aliphatic rings. The van der Waals surface area contributed by atoms with Crippen LogP contribution in [0.1, 0.15) is 70.8 Å². The molecule has 0 bridgehead atoms. The van der Waals surface area contributed by atoms with Gasteiger partial charge in [0.1, 0.15) is 13.1 Å². The first kappa shape index (κ1) is 20.5. The molecule has 0 fully saturated rings. The summed E-state index contributed by atoms with van der Waals surface area (Å²) in [6, 6.07) is 4.55. The van der Waals surface area contributed by atoms with Crippen LogP contribution in [0.3, 0.4) is 0 Å². The molecule has 0 aliphatic carbocycles. The maximum Gasteiger partial charge on any atom is 0.233 e. The van der Waals surface area contributed by atoms with Crippen LogP contribution in [0.25, 0.3) is 0 Å². The molecule has 2 rings (SSSR count). The number of unbranched alkanes of at least 4 members (excludes halogenated alkanes) is 6. The molecule has 3 nitrogen and oxygen atoms in total. The van der Waals surface area contributed by atoms with E-state index in [9.17, 15) is 0 Å². The number of nitrogens with zero attached hydrogens (tertiary/aromatic N) is 3. The van der Waals surface area contributed by atoms with E-state index in [0.717, 1.165) is 26.1 Å². The summed E-state index contributed by atoms with van der Waals surface area (Å²) in [5.41, 5.74) is 1.42.